The third-order valence-electron chi connectivity index (χ3n) is 4.92. The Morgan fingerprint density at radius 3 is 2.48 bits per heavy atom. The standard InChI is InChI=1S/C24H30F2N4O3/c1-23(2,3)33-22(31)29-9-10-30-16(14-29)12-19(28-30)21(27)18(13-24(4,5)26)17-8-7-15(25)11-20(17)32-6/h7-8,11-13,27H,9-10,14H2,1-6H3/b18-13-,27-21?. The highest BCUT2D eigenvalue weighted by molar-refractivity contribution is 6.30. The van der Waals surface area contributed by atoms with Gasteiger partial charge in [-0.1, -0.05) is 0 Å². The zero-order valence-electron chi connectivity index (χ0n) is 19.8. The summed E-state index contributed by atoms with van der Waals surface area (Å²) in [6, 6.07) is 5.59. The summed E-state index contributed by atoms with van der Waals surface area (Å²) in [6.45, 7) is 9.30. The first kappa shape index (κ1) is 24.4. The summed E-state index contributed by atoms with van der Waals surface area (Å²) in [4.78, 5) is 14.0. The predicted octanol–water partition coefficient (Wildman–Crippen LogP) is 4.98. The SMILES string of the molecule is COc1cc(F)ccc1/C(=C/C(C)(C)F)C(=N)c1cc2n(n1)CCN(C(=O)OC(C)(C)C)C2. The van der Waals surface area contributed by atoms with Gasteiger partial charge in [0.05, 0.1) is 31.6 Å². The number of carbonyl (C=O) groups excluding carboxylic acids is 1. The van der Waals surface area contributed by atoms with Crippen LogP contribution in [-0.4, -0.2) is 51.4 Å². The van der Waals surface area contributed by atoms with Crippen molar-refractivity contribution in [2.24, 2.45) is 0 Å². The first-order chi connectivity index (χ1) is 15.3. The molecular formula is C24H30F2N4O3. The van der Waals surface area contributed by atoms with E-state index in [1.54, 1.807) is 15.6 Å². The molecule has 178 valence electrons. The lowest BCUT2D eigenvalue weighted by atomic mass is 9.94. The van der Waals surface area contributed by atoms with E-state index in [9.17, 15) is 13.6 Å². The average Bonchev–Trinajstić information content (AvgIpc) is 3.13. The van der Waals surface area contributed by atoms with Crippen LogP contribution in [0.3, 0.4) is 0 Å². The third-order valence-corrected chi connectivity index (χ3v) is 4.92. The summed E-state index contributed by atoms with van der Waals surface area (Å²) in [5.74, 6) is -0.309. The van der Waals surface area contributed by atoms with E-state index >= 15 is 0 Å². The quantitative estimate of drug-likeness (QED) is 0.638. The van der Waals surface area contributed by atoms with Crippen LogP contribution in [0.2, 0.25) is 0 Å². The Labute approximate surface area is 192 Å². The number of hydrogen-bond acceptors (Lipinski definition) is 5. The van der Waals surface area contributed by atoms with E-state index < -0.39 is 23.2 Å². The smallest absolute Gasteiger partial charge is 0.410 e. The van der Waals surface area contributed by atoms with Crippen LogP contribution < -0.4 is 4.74 Å². The average molecular weight is 461 g/mol. The van der Waals surface area contributed by atoms with E-state index in [4.69, 9.17) is 14.9 Å². The number of benzene rings is 1. The largest absolute Gasteiger partial charge is 0.496 e. The highest BCUT2D eigenvalue weighted by atomic mass is 19.1. The minimum atomic E-state index is -1.74. The Morgan fingerprint density at radius 2 is 1.88 bits per heavy atom. The van der Waals surface area contributed by atoms with Gasteiger partial charge in [0.1, 0.15) is 28.5 Å². The highest BCUT2D eigenvalue weighted by Gasteiger charge is 2.28. The number of nitrogens with one attached hydrogen (secondary N) is 1. The lowest BCUT2D eigenvalue weighted by molar-refractivity contribution is 0.0194. The molecule has 1 aromatic carbocycles. The molecular weight excluding hydrogens is 430 g/mol. The molecule has 1 aliphatic rings. The van der Waals surface area contributed by atoms with Gasteiger partial charge in [-0.2, -0.15) is 5.10 Å². The number of allylic oxidation sites excluding steroid dienone is 2. The molecule has 0 bridgehead atoms. The van der Waals surface area contributed by atoms with Crippen molar-refractivity contribution in [3.05, 3.63) is 53.1 Å². The first-order valence-corrected chi connectivity index (χ1v) is 10.7. The maximum atomic E-state index is 14.6. The fourth-order valence-corrected chi connectivity index (χ4v) is 3.52. The molecule has 9 heteroatoms. The van der Waals surface area contributed by atoms with Gasteiger partial charge in [0, 0.05) is 23.7 Å². The minimum Gasteiger partial charge on any atom is -0.496 e. The molecule has 2 heterocycles. The second-order valence-electron chi connectivity index (χ2n) is 9.49. The fraction of sp³-hybridized carbons (Fsp3) is 0.458. The molecule has 0 atom stereocenters. The molecule has 1 N–H and O–H groups in total. The van der Waals surface area contributed by atoms with Crippen molar-refractivity contribution >= 4 is 17.4 Å². The summed E-state index contributed by atoms with van der Waals surface area (Å²) in [6.07, 6.45) is 0.888. The lowest BCUT2D eigenvalue weighted by Crippen LogP contribution is -2.41. The van der Waals surface area contributed by atoms with Gasteiger partial charge in [-0.05, 0) is 58.9 Å². The monoisotopic (exact) mass is 460 g/mol. The molecule has 0 saturated heterocycles. The van der Waals surface area contributed by atoms with Crippen LogP contribution in [0.4, 0.5) is 13.6 Å². The molecule has 33 heavy (non-hydrogen) atoms. The molecule has 0 fully saturated rings. The number of aromatic nitrogens is 2. The zero-order chi connectivity index (χ0) is 24.6. The van der Waals surface area contributed by atoms with Crippen LogP contribution >= 0.6 is 0 Å². The Morgan fingerprint density at radius 1 is 1.18 bits per heavy atom. The van der Waals surface area contributed by atoms with E-state index in [2.05, 4.69) is 5.10 Å². The second kappa shape index (κ2) is 8.96. The predicted molar refractivity (Wildman–Crippen MR) is 122 cm³/mol. The summed E-state index contributed by atoms with van der Waals surface area (Å²) >= 11 is 0. The van der Waals surface area contributed by atoms with E-state index in [1.807, 2.05) is 20.8 Å². The molecule has 2 aromatic rings. The Kier molecular flexibility index (Phi) is 6.63. The molecule has 0 unspecified atom stereocenters. The molecule has 0 saturated carbocycles. The van der Waals surface area contributed by atoms with Crippen molar-refractivity contribution in [2.45, 2.75) is 59.0 Å². The normalized spacial score (nSPS) is 14.7. The molecule has 0 radical (unpaired) electrons. The number of alkyl halides is 1. The van der Waals surface area contributed by atoms with Crippen LogP contribution in [0.5, 0.6) is 5.75 Å². The number of ether oxygens (including phenoxy) is 2. The molecule has 3 rings (SSSR count). The maximum absolute atomic E-state index is 14.6. The lowest BCUT2D eigenvalue weighted by Gasteiger charge is -2.30. The number of rotatable bonds is 5. The number of hydrogen-bond donors (Lipinski definition) is 1. The van der Waals surface area contributed by atoms with Crippen LogP contribution in [0.25, 0.3) is 5.57 Å². The molecule has 1 aliphatic heterocycles. The summed E-state index contributed by atoms with van der Waals surface area (Å²) < 4.78 is 40.8. The third kappa shape index (κ3) is 5.97. The molecule has 0 spiro atoms. The van der Waals surface area contributed by atoms with Gasteiger partial charge in [0.25, 0.3) is 0 Å². The summed E-state index contributed by atoms with van der Waals surface area (Å²) in [5, 5.41) is 13.3. The first-order valence-electron chi connectivity index (χ1n) is 10.7. The van der Waals surface area contributed by atoms with Gasteiger partial charge in [0.15, 0.2) is 0 Å². The Bertz CT molecular complexity index is 1090. The van der Waals surface area contributed by atoms with E-state index in [1.165, 1.54) is 45.2 Å². The van der Waals surface area contributed by atoms with E-state index in [-0.39, 0.29) is 23.6 Å². The van der Waals surface area contributed by atoms with Gasteiger partial charge < -0.3 is 14.4 Å². The van der Waals surface area contributed by atoms with Crippen molar-refractivity contribution in [1.29, 1.82) is 5.41 Å². The van der Waals surface area contributed by atoms with Gasteiger partial charge in [-0.3, -0.25) is 10.1 Å². The number of nitrogens with zero attached hydrogens (tertiary/aromatic N) is 3. The zero-order valence-corrected chi connectivity index (χ0v) is 19.8. The highest BCUT2D eigenvalue weighted by Crippen LogP contribution is 2.32. The number of carbonyl (C=O) groups is 1. The maximum Gasteiger partial charge on any atom is 0.410 e. The minimum absolute atomic E-state index is 0.0312. The van der Waals surface area contributed by atoms with Crippen LogP contribution in [-0.2, 0) is 17.8 Å². The van der Waals surface area contributed by atoms with Gasteiger partial charge in [-0.25, -0.2) is 13.6 Å². The number of halogens is 2. The summed E-state index contributed by atoms with van der Waals surface area (Å²) in [7, 11) is 1.39. The van der Waals surface area contributed by atoms with E-state index in [0.717, 1.165) is 5.69 Å². The van der Waals surface area contributed by atoms with Gasteiger partial charge >= 0.3 is 6.09 Å². The van der Waals surface area contributed by atoms with Crippen molar-refractivity contribution in [1.82, 2.24) is 14.7 Å². The van der Waals surface area contributed by atoms with Gasteiger partial charge in [-0.15, -0.1) is 0 Å². The van der Waals surface area contributed by atoms with Crippen LogP contribution in [0, 0.1) is 11.2 Å². The van der Waals surface area contributed by atoms with Gasteiger partial charge in [0.2, 0.25) is 0 Å². The van der Waals surface area contributed by atoms with Crippen molar-refractivity contribution in [2.75, 3.05) is 13.7 Å². The molecule has 0 aliphatic carbocycles. The van der Waals surface area contributed by atoms with Crippen LogP contribution in [0.1, 0.15) is 51.6 Å². The van der Waals surface area contributed by atoms with Crippen LogP contribution in [0.15, 0.2) is 30.3 Å². The Hall–Kier alpha value is -3.23. The van der Waals surface area contributed by atoms with Crippen molar-refractivity contribution in [3.63, 3.8) is 0 Å². The second-order valence-corrected chi connectivity index (χ2v) is 9.49. The fourth-order valence-electron chi connectivity index (χ4n) is 3.52. The summed E-state index contributed by atoms with van der Waals surface area (Å²) in [5.41, 5.74) is -0.705. The Balaban J connectivity index is 1.94. The van der Waals surface area contributed by atoms with Crippen molar-refractivity contribution in [3.8, 4) is 5.75 Å². The van der Waals surface area contributed by atoms with Crippen molar-refractivity contribution < 1.29 is 23.0 Å². The molecule has 1 aromatic heterocycles. The van der Waals surface area contributed by atoms with E-state index in [0.29, 0.717) is 24.3 Å². The number of methoxy groups -OCH3 is 1. The number of amides is 1. The topological polar surface area (TPSA) is 80.4 Å². The molecule has 7 nitrogen and oxygen atoms in total. The number of fused-ring (bicyclic) bond motifs is 1. The molecule has 1 amide bonds.